The smallest absolute Gasteiger partial charge is 0.346 e. The zero-order valence-corrected chi connectivity index (χ0v) is 29.0. The van der Waals surface area contributed by atoms with Gasteiger partial charge in [0.1, 0.15) is 11.5 Å². The third-order valence-corrected chi connectivity index (χ3v) is 9.22. The van der Waals surface area contributed by atoms with Crippen LogP contribution in [0.15, 0.2) is 72.8 Å². The topological polar surface area (TPSA) is 133 Å². The Hall–Kier alpha value is -5.37. The van der Waals surface area contributed by atoms with Crippen molar-refractivity contribution in [1.29, 1.82) is 0 Å². The average molecular weight is 700 g/mol. The van der Waals surface area contributed by atoms with E-state index in [1.165, 1.54) is 48.5 Å². The predicted molar refractivity (Wildman–Crippen MR) is 194 cm³/mol. The molecule has 0 radical (unpaired) electrons. The third kappa shape index (κ3) is 7.01. The maximum absolute atomic E-state index is 14.9. The minimum Gasteiger partial charge on any atom is -0.495 e. The third-order valence-electron chi connectivity index (χ3n) is 8.93. The number of carbonyl (C=O) groups is 2. The molecule has 4 amide bonds. The van der Waals surface area contributed by atoms with E-state index in [-0.39, 0.29) is 22.1 Å². The molecule has 2 N–H and O–H groups in total. The molecular formula is C36H38ClN7O6. The molecule has 260 valence electrons. The highest BCUT2D eigenvalue weighted by Gasteiger charge is 2.35. The second kappa shape index (κ2) is 14.6. The molecule has 2 heterocycles. The van der Waals surface area contributed by atoms with Gasteiger partial charge in [0, 0.05) is 50.1 Å². The van der Waals surface area contributed by atoms with E-state index in [9.17, 15) is 19.7 Å². The zero-order chi connectivity index (χ0) is 35.5. The number of urea groups is 2. The number of nitro benzene ring substituents is 1. The molecule has 0 aromatic heterocycles. The molecule has 0 atom stereocenters. The number of amides is 4. The summed E-state index contributed by atoms with van der Waals surface area (Å²) in [6, 6.07) is 18.8. The monoisotopic (exact) mass is 699 g/mol. The van der Waals surface area contributed by atoms with Gasteiger partial charge in [0.2, 0.25) is 0 Å². The number of benzene rings is 4. The lowest BCUT2D eigenvalue weighted by atomic mass is 9.97. The fourth-order valence-corrected chi connectivity index (χ4v) is 6.71. The summed E-state index contributed by atoms with van der Waals surface area (Å²) in [5.74, 6) is 0.655. The number of methoxy groups -OCH3 is 2. The first-order valence-corrected chi connectivity index (χ1v) is 16.4. The number of non-ortho nitro benzene ring substituents is 1. The van der Waals surface area contributed by atoms with E-state index in [0.29, 0.717) is 48.8 Å². The second-order valence-corrected chi connectivity index (χ2v) is 12.7. The summed E-state index contributed by atoms with van der Waals surface area (Å²) in [5, 5.41) is 20.3. The predicted octanol–water partition coefficient (Wildman–Crippen LogP) is 6.93. The molecule has 0 bridgehead atoms. The summed E-state index contributed by atoms with van der Waals surface area (Å²) in [6.45, 7) is 2.80. The molecule has 0 fully saturated rings. The number of likely N-dealkylation sites (N-methyl/N-ethyl adjacent to an activating group) is 2. The van der Waals surface area contributed by atoms with E-state index in [2.05, 4.69) is 20.4 Å². The highest BCUT2D eigenvalue weighted by atomic mass is 35.5. The van der Waals surface area contributed by atoms with Crippen molar-refractivity contribution in [2.45, 2.75) is 25.9 Å². The molecule has 50 heavy (non-hydrogen) atoms. The number of halogens is 1. The van der Waals surface area contributed by atoms with Crippen LogP contribution in [0.2, 0.25) is 5.02 Å². The Bertz CT molecular complexity index is 1960. The normalized spacial score (nSPS) is 14.2. The van der Waals surface area contributed by atoms with Gasteiger partial charge in [-0.3, -0.25) is 10.1 Å². The van der Waals surface area contributed by atoms with Crippen LogP contribution in [0.4, 0.5) is 38.0 Å². The molecule has 14 heteroatoms. The minimum atomic E-state index is -0.696. The molecule has 0 saturated heterocycles. The van der Waals surface area contributed by atoms with Crippen molar-refractivity contribution in [3.05, 3.63) is 110 Å². The van der Waals surface area contributed by atoms with Gasteiger partial charge in [0.25, 0.3) is 5.69 Å². The molecule has 0 unspecified atom stereocenters. The first kappa shape index (κ1) is 34.5. The fourth-order valence-electron chi connectivity index (χ4n) is 6.47. The lowest BCUT2D eigenvalue weighted by molar-refractivity contribution is -0.384. The second-order valence-electron chi connectivity index (χ2n) is 12.3. The largest absolute Gasteiger partial charge is 0.495 e. The Kier molecular flexibility index (Phi) is 10.1. The lowest BCUT2D eigenvalue weighted by Crippen LogP contribution is -2.55. The highest BCUT2D eigenvalue weighted by Crippen LogP contribution is 2.39. The first-order chi connectivity index (χ1) is 24.1. The van der Waals surface area contributed by atoms with Crippen molar-refractivity contribution >= 4 is 52.1 Å². The van der Waals surface area contributed by atoms with Crippen molar-refractivity contribution in [3.8, 4) is 11.5 Å². The van der Waals surface area contributed by atoms with Crippen LogP contribution >= 0.6 is 11.6 Å². The maximum atomic E-state index is 14.9. The first-order valence-electron chi connectivity index (χ1n) is 16.0. The Labute approximate surface area is 295 Å². The van der Waals surface area contributed by atoms with Crippen molar-refractivity contribution in [2.75, 3.05) is 62.1 Å². The number of rotatable bonds is 7. The maximum Gasteiger partial charge on any atom is 0.346 e. The van der Waals surface area contributed by atoms with Crippen LogP contribution in [0.1, 0.15) is 22.3 Å². The van der Waals surface area contributed by atoms with E-state index in [1.807, 2.05) is 50.5 Å². The number of carbonyl (C=O) groups excluding carboxylic acids is 2. The van der Waals surface area contributed by atoms with Gasteiger partial charge in [0.05, 0.1) is 41.2 Å². The average Bonchev–Trinajstić information content (AvgIpc) is 3.10. The fraction of sp³-hybridized carbons (Fsp3) is 0.278. The van der Waals surface area contributed by atoms with Crippen LogP contribution in [-0.4, -0.2) is 68.2 Å². The molecule has 13 nitrogen and oxygen atoms in total. The Morgan fingerprint density at radius 3 is 1.86 bits per heavy atom. The SMILES string of the molecule is COc1cc(OC)c(NC(=O)N(c2cccc3c2CCN(C)C3)N(C(=O)Nc2cccc([N+](=O)[O-])c2)c2cccc3c2CCN(C)C3)cc1Cl. The standard InChI is InChI=1S/C36H38ClN7O6/c1-40-16-14-27-23(21-40)8-5-12-31(27)42(35(45)38-25-10-7-11-26(18-25)44(47)48)43(32-13-6-9-24-22-41(2)17-15-28(24)32)36(46)39-30-19-29(37)33(49-3)20-34(30)50-4/h5-13,18-20H,14-17,21-22H2,1-4H3,(H,38,45)(H,39,46). The number of hydrazine groups is 1. The summed E-state index contributed by atoms with van der Waals surface area (Å²) in [6.07, 6.45) is 1.25. The van der Waals surface area contributed by atoms with Crippen molar-refractivity contribution in [2.24, 2.45) is 0 Å². The van der Waals surface area contributed by atoms with Gasteiger partial charge < -0.3 is 29.9 Å². The van der Waals surface area contributed by atoms with Crippen molar-refractivity contribution < 1.29 is 24.0 Å². The molecule has 0 saturated carbocycles. The van der Waals surface area contributed by atoms with Gasteiger partial charge in [-0.15, -0.1) is 0 Å². The summed E-state index contributed by atoms with van der Waals surface area (Å²) in [5.41, 5.74) is 5.14. The summed E-state index contributed by atoms with van der Waals surface area (Å²) < 4.78 is 10.9. The van der Waals surface area contributed by atoms with Crippen molar-refractivity contribution in [3.63, 3.8) is 0 Å². The van der Waals surface area contributed by atoms with Crippen molar-refractivity contribution in [1.82, 2.24) is 9.80 Å². The Morgan fingerprint density at radius 2 is 1.32 bits per heavy atom. The molecule has 2 aliphatic heterocycles. The van der Waals surface area contributed by atoms with Crippen LogP contribution in [0.25, 0.3) is 0 Å². The minimum absolute atomic E-state index is 0.186. The molecular weight excluding hydrogens is 662 g/mol. The molecule has 2 aliphatic rings. The highest BCUT2D eigenvalue weighted by molar-refractivity contribution is 6.32. The van der Waals surface area contributed by atoms with Gasteiger partial charge in [-0.2, -0.15) is 10.0 Å². The Balaban J connectivity index is 1.54. The van der Waals surface area contributed by atoms with Crippen LogP contribution in [0.3, 0.4) is 0 Å². The number of fused-ring (bicyclic) bond motifs is 2. The van der Waals surface area contributed by atoms with Crippen LogP contribution in [0.5, 0.6) is 11.5 Å². The summed E-state index contributed by atoms with van der Waals surface area (Å²) in [4.78, 5) is 45.1. The Morgan fingerprint density at radius 1 is 0.780 bits per heavy atom. The van der Waals surface area contributed by atoms with E-state index >= 15 is 0 Å². The number of anilines is 4. The number of nitrogens with one attached hydrogen (secondary N) is 2. The summed E-state index contributed by atoms with van der Waals surface area (Å²) >= 11 is 6.50. The van der Waals surface area contributed by atoms with E-state index in [0.717, 1.165) is 35.3 Å². The quantitative estimate of drug-likeness (QED) is 0.157. The molecule has 4 aromatic carbocycles. The van der Waals surface area contributed by atoms with E-state index < -0.39 is 17.0 Å². The zero-order valence-electron chi connectivity index (χ0n) is 28.2. The van der Waals surface area contributed by atoms with Gasteiger partial charge >= 0.3 is 12.1 Å². The molecule has 6 rings (SSSR count). The number of hydrogen-bond donors (Lipinski definition) is 2. The number of nitro groups is 1. The van der Waals surface area contributed by atoms with Crippen LogP contribution in [-0.2, 0) is 25.9 Å². The number of nitrogens with zero attached hydrogens (tertiary/aromatic N) is 5. The molecule has 4 aromatic rings. The molecule has 0 spiro atoms. The van der Waals surface area contributed by atoms with Crippen LogP contribution < -0.4 is 30.1 Å². The van der Waals surface area contributed by atoms with Gasteiger partial charge in [-0.25, -0.2) is 9.59 Å². The van der Waals surface area contributed by atoms with E-state index in [1.54, 1.807) is 12.1 Å². The number of ether oxygens (including phenoxy) is 2. The van der Waals surface area contributed by atoms with Crippen LogP contribution in [0, 0.1) is 10.1 Å². The lowest BCUT2D eigenvalue weighted by Gasteiger charge is -2.39. The van der Waals surface area contributed by atoms with Gasteiger partial charge in [-0.05, 0) is 73.5 Å². The summed E-state index contributed by atoms with van der Waals surface area (Å²) in [7, 11) is 7.01. The van der Waals surface area contributed by atoms with Gasteiger partial charge in [0.15, 0.2) is 0 Å². The number of hydrogen-bond acceptors (Lipinski definition) is 8. The molecule has 0 aliphatic carbocycles. The van der Waals surface area contributed by atoms with E-state index in [4.69, 9.17) is 21.1 Å². The van der Waals surface area contributed by atoms with Gasteiger partial charge in [-0.1, -0.05) is 41.9 Å².